The van der Waals surface area contributed by atoms with Crippen molar-refractivity contribution in [3.63, 3.8) is 0 Å². The molecule has 0 aliphatic rings. The third-order valence-corrected chi connectivity index (χ3v) is 4.79. The van der Waals surface area contributed by atoms with Crippen LogP contribution >= 0.6 is 22.9 Å². The van der Waals surface area contributed by atoms with Crippen molar-refractivity contribution in [3.05, 3.63) is 45.8 Å². The summed E-state index contributed by atoms with van der Waals surface area (Å²) in [5.41, 5.74) is 1.38. The maximum absolute atomic E-state index is 12.4. The number of ether oxygens (including phenoxy) is 1. The summed E-state index contributed by atoms with van der Waals surface area (Å²) in [5, 5.41) is 14.8. The Morgan fingerprint density at radius 1 is 1.50 bits per heavy atom. The fraction of sp³-hybridized carbons (Fsp3) is 0.294. The van der Waals surface area contributed by atoms with E-state index in [1.807, 2.05) is 24.9 Å². The average molecular weight is 364 g/mol. The molecule has 2 aromatic rings. The molecule has 1 atom stereocenters. The van der Waals surface area contributed by atoms with Gasteiger partial charge in [0, 0.05) is 17.1 Å². The van der Waals surface area contributed by atoms with E-state index in [9.17, 15) is 4.79 Å². The molecule has 0 aliphatic carbocycles. The van der Waals surface area contributed by atoms with Gasteiger partial charge in [0.15, 0.2) is 0 Å². The second-order valence-corrected chi connectivity index (χ2v) is 6.66. The Morgan fingerprint density at radius 3 is 2.92 bits per heavy atom. The smallest absolute Gasteiger partial charge is 0.242 e. The maximum atomic E-state index is 12.4. The average Bonchev–Trinajstić information content (AvgIpc) is 3.01. The Hall–Kier alpha value is -2.07. The Morgan fingerprint density at radius 2 is 2.25 bits per heavy atom. The van der Waals surface area contributed by atoms with Crippen LogP contribution in [-0.4, -0.2) is 31.0 Å². The quantitative estimate of drug-likeness (QED) is 0.849. The largest absolute Gasteiger partial charge is 0.496 e. The predicted octanol–water partition coefficient (Wildman–Crippen LogP) is 3.74. The van der Waals surface area contributed by atoms with Crippen molar-refractivity contribution in [2.24, 2.45) is 0 Å². The van der Waals surface area contributed by atoms with Crippen LogP contribution in [0.1, 0.15) is 18.1 Å². The maximum Gasteiger partial charge on any atom is 0.242 e. The van der Waals surface area contributed by atoms with Gasteiger partial charge in [-0.15, -0.1) is 11.3 Å². The number of anilines is 1. The molecule has 0 saturated carbocycles. The number of nitriles is 1. The number of hydrogen-bond donors (Lipinski definition) is 1. The van der Waals surface area contributed by atoms with Gasteiger partial charge in [0.1, 0.15) is 16.8 Å². The summed E-state index contributed by atoms with van der Waals surface area (Å²) in [6.07, 6.45) is 0. The van der Waals surface area contributed by atoms with E-state index in [0.29, 0.717) is 22.1 Å². The first kappa shape index (κ1) is 18.3. The van der Waals surface area contributed by atoms with Crippen LogP contribution in [0.2, 0.25) is 5.02 Å². The van der Waals surface area contributed by atoms with E-state index in [1.54, 1.807) is 30.7 Å². The van der Waals surface area contributed by atoms with Crippen molar-refractivity contribution < 1.29 is 9.53 Å². The summed E-state index contributed by atoms with van der Waals surface area (Å²) in [4.78, 5) is 14.3. The fourth-order valence-corrected chi connectivity index (χ4v) is 3.12. The summed E-state index contributed by atoms with van der Waals surface area (Å²) >= 11 is 7.38. The van der Waals surface area contributed by atoms with Crippen LogP contribution in [0, 0.1) is 11.3 Å². The van der Waals surface area contributed by atoms with Gasteiger partial charge in [-0.2, -0.15) is 5.26 Å². The minimum atomic E-state index is -0.387. The molecule has 1 amide bonds. The zero-order valence-corrected chi connectivity index (χ0v) is 15.2. The lowest BCUT2D eigenvalue weighted by Gasteiger charge is -2.24. The lowest BCUT2D eigenvalue weighted by atomic mass is 10.1. The van der Waals surface area contributed by atoms with Gasteiger partial charge >= 0.3 is 0 Å². The number of amides is 1. The van der Waals surface area contributed by atoms with E-state index >= 15 is 0 Å². The van der Waals surface area contributed by atoms with Crippen LogP contribution in [0.4, 0.5) is 5.00 Å². The van der Waals surface area contributed by atoms with E-state index in [2.05, 4.69) is 11.4 Å². The molecule has 0 aliphatic heterocycles. The van der Waals surface area contributed by atoms with Gasteiger partial charge in [0.25, 0.3) is 0 Å². The Bertz CT molecular complexity index is 769. The van der Waals surface area contributed by atoms with Crippen LogP contribution in [0.25, 0.3) is 0 Å². The van der Waals surface area contributed by atoms with Crippen molar-refractivity contribution in [3.8, 4) is 11.8 Å². The van der Waals surface area contributed by atoms with Gasteiger partial charge in [-0.25, -0.2) is 0 Å². The number of nitrogens with zero attached hydrogens (tertiary/aromatic N) is 2. The molecule has 1 aromatic carbocycles. The number of likely N-dealkylation sites (N-methyl/N-ethyl adjacent to an activating group) is 1. The number of rotatable bonds is 6. The normalized spacial score (nSPS) is 11.8. The lowest BCUT2D eigenvalue weighted by molar-refractivity contribution is -0.120. The molecule has 1 N–H and O–H groups in total. The topological polar surface area (TPSA) is 65.4 Å². The number of nitrogens with one attached hydrogen (secondary N) is 1. The van der Waals surface area contributed by atoms with Crippen molar-refractivity contribution in [1.82, 2.24) is 4.90 Å². The van der Waals surface area contributed by atoms with Crippen LogP contribution in [0.15, 0.2) is 29.6 Å². The highest BCUT2D eigenvalue weighted by Gasteiger charge is 2.21. The molecule has 0 saturated heterocycles. The van der Waals surface area contributed by atoms with Gasteiger partial charge < -0.3 is 10.1 Å². The van der Waals surface area contributed by atoms with Gasteiger partial charge in [0.05, 0.1) is 18.7 Å². The third-order valence-electron chi connectivity index (χ3n) is 3.73. The van der Waals surface area contributed by atoms with Crippen molar-refractivity contribution in [2.75, 3.05) is 19.5 Å². The zero-order valence-electron chi connectivity index (χ0n) is 13.7. The lowest BCUT2D eigenvalue weighted by Crippen LogP contribution is -2.39. The fourth-order valence-electron chi connectivity index (χ4n) is 2.19. The minimum absolute atomic E-state index is 0.169. The third kappa shape index (κ3) is 4.26. The van der Waals surface area contributed by atoms with Crippen LogP contribution in [-0.2, 0) is 11.3 Å². The van der Waals surface area contributed by atoms with Crippen LogP contribution in [0.5, 0.6) is 5.75 Å². The predicted molar refractivity (Wildman–Crippen MR) is 96.6 cm³/mol. The highest BCUT2D eigenvalue weighted by atomic mass is 35.5. The molecule has 1 heterocycles. The Kier molecular flexibility index (Phi) is 6.21. The summed E-state index contributed by atoms with van der Waals surface area (Å²) in [6.45, 7) is 2.32. The van der Waals surface area contributed by atoms with Gasteiger partial charge in [0.2, 0.25) is 5.91 Å². The summed E-state index contributed by atoms with van der Waals surface area (Å²) in [7, 11) is 3.45. The first-order chi connectivity index (χ1) is 11.5. The minimum Gasteiger partial charge on any atom is -0.496 e. The number of benzene rings is 1. The molecule has 0 spiro atoms. The van der Waals surface area contributed by atoms with Crippen LogP contribution in [0.3, 0.4) is 0 Å². The standard InChI is InChI=1S/C17H18ClN3O2S/c1-11(16(22)20-17-12(9-19)6-7-24-17)21(2)10-13-8-14(18)4-5-15(13)23-3/h4-8,11H,10H2,1-3H3,(H,20,22)/t11-/m1/s1. The molecule has 0 bridgehead atoms. The monoisotopic (exact) mass is 363 g/mol. The molecule has 0 radical (unpaired) electrons. The first-order valence-electron chi connectivity index (χ1n) is 7.27. The van der Waals surface area contributed by atoms with Gasteiger partial charge in [-0.3, -0.25) is 9.69 Å². The van der Waals surface area contributed by atoms with E-state index < -0.39 is 0 Å². The first-order valence-corrected chi connectivity index (χ1v) is 8.53. The second-order valence-electron chi connectivity index (χ2n) is 5.31. The molecule has 126 valence electrons. The summed E-state index contributed by atoms with van der Waals surface area (Å²) < 4.78 is 5.34. The zero-order chi connectivity index (χ0) is 17.7. The molecule has 0 unspecified atom stereocenters. The highest BCUT2D eigenvalue weighted by Crippen LogP contribution is 2.25. The molecule has 2 rings (SSSR count). The SMILES string of the molecule is COc1ccc(Cl)cc1CN(C)[C@H](C)C(=O)Nc1sccc1C#N. The molecule has 0 fully saturated rings. The van der Waals surface area contributed by atoms with E-state index in [-0.39, 0.29) is 11.9 Å². The number of halogens is 1. The van der Waals surface area contributed by atoms with Crippen molar-refractivity contribution >= 4 is 33.8 Å². The van der Waals surface area contributed by atoms with E-state index in [0.717, 1.165) is 11.3 Å². The van der Waals surface area contributed by atoms with E-state index in [1.165, 1.54) is 11.3 Å². The molecule has 24 heavy (non-hydrogen) atoms. The number of methoxy groups -OCH3 is 1. The van der Waals surface area contributed by atoms with E-state index in [4.69, 9.17) is 21.6 Å². The second kappa shape index (κ2) is 8.15. The molecule has 5 nitrogen and oxygen atoms in total. The van der Waals surface area contributed by atoms with Gasteiger partial charge in [-0.05, 0) is 43.6 Å². The number of hydrogen-bond acceptors (Lipinski definition) is 5. The Balaban J connectivity index is 2.06. The molecule has 7 heteroatoms. The van der Waals surface area contributed by atoms with Gasteiger partial charge in [-0.1, -0.05) is 11.6 Å². The number of carbonyl (C=O) groups is 1. The summed E-state index contributed by atoms with van der Waals surface area (Å²) in [6, 6.07) is 8.76. The number of carbonyl (C=O) groups excluding carboxylic acids is 1. The van der Waals surface area contributed by atoms with Crippen LogP contribution < -0.4 is 10.1 Å². The molecular formula is C17H18ClN3O2S. The summed E-state index contributed by atoms with van der Waals surface area (Å²) in [5.74, 6) is 0.557. The van der Waals surface area contributed by atoms with Crippen molar-refractivity contribution in [2.45, 2.75) is 19.5 Å². The van der Waals surface area contributed by atoms with Crippen molar-refractivity contribution in [1.29, 1.82) is 5.26 Å². The highest BCUT2D eigenvalue weighted by molar-refractivity contribution is 7.14. The Labute approximate surface area is 150 Å². The molecule has 1 aromatic heterocycles. The number of thiophene rings is 1. The molecular weight excluding hydrogens is 346 g/mol.